The molecule has 2 aliphatic heterocycles. The van der Waals surface area contributed by atoms with Gasteiger partial charge in [0.2, 0.25) is 21.8 Å². The number of aromatic amines is 1. The summed E-state index contributed by atoms with van der Waals surface area (Å²) in [5.74, 6) is -1.02. The molecule has 3 amide bonds. The van der Waals surface area contributed by atoms with Crippen LogP contribution in [0.15, 0.2) is 41.3 Å². The van der Waals surface area contributed by atoms with Gasteiger partial charge in [-0.2, -0.15) is 0 Å². The Bertz CT molecular complexity index is 1770. The van der Waals surface area contributed by atoms with Crippen LogP contribution in [0.25, 0.3) is 10.9 Å². The minimum atomic E-state index is -4.08. The van der Waals surface area contributed by atoms with Gasteiger partial charge in [-0.25, -0.2) is 13.1 Å². The van der Waals surface area contributed by atoms with Crippen molar-refractivity contribution in [3.63, 3.8) is 0 Å². The van der Waals surface area contributed by atoms with E-state index in [0.29, 0.717) is 5.69 Å². The smallest absolute Gasteiger partial charge is 0.268 e. The van der Waals surface area contributed by atoms with E-state index in [4.69, 9.17) is 23.2 Å². The number of nitrogens with one attached hydrogen (secondary N) is 3. The number of halogens is 2. The highest BCUT2D eigenvalue weighted by atomic mass is 35.5. The molecule has 3 aromatic rings. The molecule has 3 atom stereocenters. The molecule has 2 aromatic carbocycles. The van der Waals surface area contributed by atoms with Crippen LogP contribution in [0.3, 0.4) is 0 Å². The molecule has 43 heavy (non-hydrogen) atoms. The monoisotopic (exact) mass is 647 g/mol. The number of hydrogen-bond donors (Lipinski definition) is 3. The summed E-state index contributed by atoms with van der Waals surface area (Å²) in [4.78, 5) is 46.4. The third-order valence-corrected chi connectivity index (χ3v) is 10.6. The van der Waals surface area contributed by atoms with Gasteiger partial charge in [-0.1, -0.05) is 50.0 Å². The summed E-state index contributed by atoms with van der Waals surface area (Å²) < 4.78 is 27.8. The topological polar surface area (TPSA) is 132 Å². The highest BCUT2D eigenvalue weighted by Crippen LogP contribution is 2.45. The SMILES string of the molecule is Cc1cc(C)c2cc(C(=O)N[C@H](C(=O)N3C[C@H]4N(C(=O)CNS(=O)(=O)c5cc(Cl)ccc5Cl)CC43C)C(C)(C)C)[nH]c2c1. The van der Waals surface area contributed by atoms with Crippen LogP contribution in [0.2, 0.25) is 10.0 Å². The number of piperazine rings is 1. The Balaban J connectivity index is 1.23. The van der Waals surface area contributed by atoms with Crippen molar-refractivity contribution in [3.8, 4) is 0 Å². The third kappa shape index (κ3) is 5.63. The van der Waals surface area contributed by atoms with E-state index in [0.717, 1.165) is 22.0 Å². The van der Waals surface area contributed by atoms with Crippen LogP contribution < -0.4 is 10.0 Å². The lowest BCUT2D eigenvalue weighted by atomic mass is 9.70. The van der Waals surface area contributed by atoms with Crippen molar-refractivity contribution in [2.24, 2.45) is 5.41 Å². The summed E-state index contributed by atoms with van der Waals surface area (Å²) >= 11 is 11.9. The van der Waals surface area contributed by atoms with E-state index in [2.05, 4.69) is 21.1 Å². The van der Waals surface area contributed by atoms with Gasteiger partial charge < -0.3 is 20.1 Å². The number of nitrogens with zero attached hydrogens (tertiary/aromatic N) is 2. The van der Waals surface area contributed by atoms with Gasteiger partial charge in [0.1, 0.15) is 16.6 Å². The van der Waals surface area contributed by atoms with Gasteiger partial charge in [0.15, 0.2) is 0 Å². The van der Waals surface area contributed by atoms with E-state index in [1.54, 1.807) is 15.9 Å². The quantitative estimate of drug-likeness (QED) is 0.356. The molecule has 3 heterocycles. The number of sulfonamides is 1. The predicted octanol–water partition coefficient (Wildman–Crippen LogP) is 4.03. The molecule has 1 unspecified atom stereocenters. The highest BCUT2D eigenvalue weighted by molar-refractivity contribution is 7.89. The number of benzene rings is 2. The minimum Gasteiger partial charge on any atom is -0.351 e. The summed E-state index contributed by atoms with van der Waals surface area (Å²) in [5, 5.41) is 4.09. The lowest BCUT2D eigenvalue weighted by Gasteiger charge is -2.69. The molecular weight excluding hydrogens is 613 g/mol. The number of carbonyl (C=O) groups excluding carboxylic acids is 3. The second-order valence-electron chi connectivity index (χ2n) is 12.7. The molecular formula is C30H35Cl2N5O5S. The minimum absolute atomic E-state index is 0.00994. The molecule has 13 heteroatoms. The van der Waals surface area contributed by atoms with Crippen molar-refractivity contribution in [1.29, 1.82) is 0 Å². The Hall–Kier alpha value is -3.12. The van der Waals surface area contributed by atoms with Crippen LogP contribution in [-0.4, -0.2) is 78.2 Å². The lowest BCUT2D eigenvalue weighted by molar-refractivity contribution is -0.206. The third-order valence-electron chi connectivity index (χ3n) is 8.46. The van der Waals surface area contributed by atoms with Crippen molar-refractivity contribution >= 4 is 61.8 Å². The van der Waals surface area contributed by atoms with Gasteiger partial charge >= 0.3 is 0 Å². The zero-order chi connectivity index (χ0) is 31.6. The van der Waals surface area contributed by atoms with Crippen molar-refractivity contribution < 1.29 is 22.8 Å². The van der Waals surface area contributed by atoms with Crippen LogP contribution in [0.4, 0.5) is 0 Å². The first-order chi connectivity index (χ1) is 19.9. The van der Waals surface area contributed by atoms with Gasteiger partial charge in [0, 0.05) is 29.0 Å². The number of carbonyl (C=O) groups is 3. The molecule has 1 aromatic heterocycles. The predicted molar refractivity (Wildman–Crippen MR) is 166 cm³/mol. The largest absolute Gasteiger partial charge is 0.351 e. The number of hydrogen-bond acceptors (Lipinski definition) is 5. The fourth-order valence-electron chi connectivity index (χ4n) is 5.97. The number of rotatable bonds is 7. The Kier molecular flexibility index (Phi) is 7.86. The summed E-state index contributed by atoms with van der Waals surface area (Å²) in [6.07, 6.45) is 0. The molecule has 0 spiro atoms. The van der Waals surface area contributed by atoms with Gasteiger partial charge in [-0.15, -0.1) is 0 Å². The normalized spacial score (nSPS) is 20.7. The van der Waals surface area contributed by atoms with Crippen LogP contribution >= 0.6 is 23.2 Å². The van der Waals surface area contributed by atoms with Crippen molar-refractivity contribution in [2.45, 2.75) is 64.1 Å². The van der Waals surface area contributed by atoms with E-state index >= 15 is 0 Å². The van der Waals surface area contributed by atoms with Gasteiger partial charge in [-0.05, 0) is 67.6 Å². The first-order valence-electron chi connectivity index (χ1n) is 13.9. The molecule has 0 radical (unpaired) electrons. The second-order valence-corrected chi connectivity index (χ2v) is 15.3. The second kappa shape index (κ2) is 10.8. The van der Waals surface area contributed by atoms with E-state index in [-0.39, 0.29) is 45.9 Å². The van der Waals surface area contributed by atoms with Gasteiger partial charge in [0.05, 0.1) is 23.1 Å². The Labute approximate surface area is 261 Å². The Morgan fingerprint density at radius 2 is 1.81 bits per heavy atom. The van der Waals surface area contributed by atoms with E-state index < -0.39 is 39.5 Å². The average molecular weight is 649 g/mol. The summed E-state index contributed by atoms with van der Waals surface area (Å²) in [6.45, 7) is 11.6. The number of H-pyrrole nitrogens is 1. The Morgan fingerprint density at radius 1 is 1.12 bits per heavy atom. The zero-order valence-corrected chi connectivity index (χ0v) is 27.2. The average Bonchev–Trinajstić information content (AvgIpc) is 3.34. The number of aryl methyl sites for hydroxylation is 2. The lowest BCUT2D eigenvalue weighted by Crippen LogP contribution is -2.89. The first kappa shape index (κ1) is 31.3. The molecule has 10 nitrogen and oxygen atoms in total. The van der Waals surface area contributed by atoms with E-state index in [1.165, 1.54) is 18.2 Å². The maximum absolute atomic E-state index is 13.8. The number of fused-ring (bicyclic) bond motifs is 2. The molecule has 0 aliphatic carbocycles. The summed E-state index contributed by atoms with van der Waals surface area (Å²) in [5.41, 5.74) is 2.16. The molecule has 2 saturated heterocycles. The van der Waals surface area contributed by atoms with Crippen LogP contribution in [0, 0.1) is 19.3 Å². The summed E-state index contributed by atoms with van der Waals surface area (Å²) in [7, 11) is -4.08. The molecule has 0 saturated carbocycles. The zero-order valence-electron chi connectivity index (χ0n) is 24.8. The Morgan fingerprint density at radius 3 is 2.44 bits per heavy atom. The highest BCUT2D eigenvalue weighted by Gasteiger charge is 2.65. The van der Waals surface area contributed by atoms with Crippen molar-refractivity contribution in [3.05, 3.63) is 63.3 Å². The van der Waals surface area contributed by atoms with Crippen LogP contribution in [0.1, 0.15) is 49.3 Å². The van der Waals surface area contributed by atoms with E-state index in [1.807, 2.05) is 47.6 Å². The molecule has 0 bridgehead atoms. The van der Waals surface area contributed by atoms with Crippen LogP contribution in [0.5, 0.6) is 0 Å². The summed E-state index contributed by atoms with van der Waals surface area (Å²) in [6, 6.07) is 8.82. The standard InChI is InChI=1S/C30H35Cl2N5O5S/c1-16-9-17(2)19-12-22(34-21(19)10-16)27(39)35-26(29(3,4)5)28(40)37-14-24-30(37,6)15-36(24)25(38)13-33-43(41,42)23-11-18(31)7-8-20(23)32/h7-12,24,26,33-34H,13-15H2,1-6H3,(H,35,39)/t24-,26-,30?/m1/s1. The van der Waals surface area contributed by atoms with E-state index in [9.17, 15) is 22.8 Å². The molecule has 5 rings (SSSR count). The molecule has 230 valence electrons. The number of aromatic nitrogens is 1. The molecule has 2 fully saturated rings. The number of likely N-dealkylation sites (tertiary alicyclic amines) is 2. The van der Waals surface area contributed by atoms with Crippen LogP contribution in [-0.2, 0) is 19.6 Å². The maximum Gasteiger partial charge on any atom is 0.268 e. The maximum atomic E-state index is 13.8. The van der Waals surface area contributed by atoms with Gasteiger partial charge in [0.25, 0.3) is 5.91 Å². The first-order valence-corrected chi connectivity index (χ1v) is 16.1. The molecule has 2 aliphatic rings. The van der Waals surface area contributed by atoms with Crippen molar-refractivity contribution in [2.75, 3.05) is 19.6 Å². The molecule has 3 N–H and O–H groups in total. The number of amides is 3. The van der Waals surface area contributed by atoms with Crippen molar-refractivity contribution in [1.82, 2.24) is 24.8 Å². The van der Waals surface area contributed by atoms with Gasteiger partial charge in [-0.3, -0.25) is 14.4 Å². The fraction of sp³-hybridized carbons (Fsp3) is 0.433. The fourth-order valence-corrected chi connectivity index (χ4v) is 7.71.